The number of benzene rings is 7. The van der Waals surface area contributed by atoms with Crippen molar-refractivity contribution in [2.75, 3.05) is 0 Å². The van der Waals surface area contributed by atoms with Gasteiger partial charge in [0.05, 0.1) is 10.8 Å². The largest absolute Gasteiger partial charge is 0.289 e. The van der Waals surface area contributed by atoms with Crippen molar-refractivity contribution in [1.29, 1.82) is 0 Å². The number of carbonyl (C=O) groups excluding carboxylic acids is 1. The van der Waals surface area contributed by atoms with E-state index in [2.05, 4.69) is 177 Å². The Kier molecular flexibility index (Phi) is 6.21. The van der Waals surface area contributed by atoms with E-state index in [1.54, 1.807) is 0 Å². The van der Waals surface area contributed by atoms with Crippen LogP contribution in [0.4, 0.5) is 0 Å². The van der Waals surface area contributed by atoms with Crippen LogP contribution in [0.25, 0.3) is 33.4 Å². The lowest BCUT2D eigenvalue weighted by Crippen LogP contribution is -2.31. The number of fused-ring (bicyclic) bond motifs is 17. The highest BCUT2D eigenvalue weighted by Gasteiger charge is 2.56. The SMILES string of the molecule is C=C(/C=C\C1c2ccccc2C2(c3ccccc3-c3ccccc32)C1C)C(=O)c1ccc2c(c1)C1(c3ccccc3-c3ccccc31)c1ccccc1-2. The van der Waals surface area contributed by atoms with Gasteiger partial charge in [0.2, 0.25) is 0 Å². The molecule has 7 aromatic rings. The summed E-state index contributed by atoms with van der Waals surface area (Å²) in [7, 11) is 0. The molecule has 0 fully saturated rings. The van der Waals surface area contributed by atoms with E-state index >= 15 is 0 Å². The van der Waals surface area contributed by atoms with Crippen LogP contribution < -0.4 is 0 Å². The molecule has 7 aromatic carbocycles. The van der Waals surface area contributed by atoms with Gasteiger partial charge in [0.15, 0.2) is 5.78 Å². The van der Waals surface area contributed by atoms with Crippen LogP contribution in [0, 0.1) is 5.92 Å². The number of rotatable bonds is 4. The lowest BCUT2D eigenvalue weighted by molar-refractivity contribution is 0.103. The van der Waals surface area contributed by atoms with Gasteiger partial charge in [-0.25, -0.2) is 0 Å². The highest BCUT2D eigenvalue weighted by molar-refractivity contribution is 6.11. The molecule has 11 rings (SSSR count). The van der Waals surface area contributed by atoms with Crippen LogP contribution in [0.1, 0.15) is 67.7 Å². The van der Waals surface area contributed by atoms with E-state index in [0.717, 1.165) is 5.56 Å². The molecular weight excluding hydrogens is 641 g/mol. The van der Waals surface area contributed by atoms with Crippen LogP contribution >= 0.6 is 0 Å². The van der Waals surface area contributed by atoms with Gasteiger partial charge in [-0.1, -0.05) is 183 Å². The zero-order valence-electron chi connectivity index (χ0n) is 29.5. The van der Waals surface area contributed by atoms with Gasteiger partial charge >= 0.3 is 0 Å². The molecule has 1 nitrogen and oxygen atoms in total. The van der Waals surface area contributed by atoms with Gasteiger partial charge in [0.1, 0.15) is 0 Å². The summed E-state index contributed by atoms with van der Waals surface area (Å²) < 4.78 is 0. The third kappa shape index (κ3) is 3.69. The molecule has 4 aliphatic carbocycles. The molecule has 0 saturated heterocycles. The molecule has 2 atom stereocenters. The lowest BCUT2D eigenvalue weighted by atomic mass is 9.67. The number of carbonyl (C=O) groups is 1. The van der Waals surface area contributed by atoms with Gasteiger partial charge in [-0.05, 0) is 89.9 Å². The average molecular weight is 677 g/mol. The number of allylic oxidation sites excluding steroid dienone is 3. The molecule has 53 heavy (non-hydrogen) atoms. The second-order valence-corrected chi connectivity index (χ2v) is 15.2. The monoisotopic (exact) mass is 676 g/mol. The summed E-state index contributed by atoms with van der Waals surface area (Å²) in [6, 6.07) is 59.4. The fourth-order valence-corrected chi connectivity index (χ4v) is 11.0. The summed E-state index contributed by atoms with van der Waals surface area (Å²) in [6.07, 6.45) is 4.24. The third-order valence-corrected chi connectivity index (χ3v) is 13.0. The highest BCUT2D eigenvalue weighted by Crippen LogP contribution is 2.65. The summed E-state index contributed by atoms with van der Waals surface area (Å²) in [5.74, 6) is 0.295. The van der Waals surface area contributed by atoms with Gasteiger partial charge in [-0.15, -0.1) is 0 Å². The molecule has 1 heteroatoms. The summed E-state index contributed by atoms with van der Waals surface area (Å²) >= 11 is 0. The van der Waals surface area contributed by atoms with Crippen molar-refractivity contribution in [2.24, 2.45) is 5.92 Å². The highest BCUT2D eigenvalue weighted by atomic mass is 16.1. The van der Waals surface area contributed by atoms with E-state index in [1.807, 2.05) is 12.1 Å². The third-order valence-electron chi connectivity index (χ3n) is 13.0. The molecule has 0 bridgehead atoms. The quantitative estimate of drug-likeness (QED) is 0.103. The predicted octanol–water partition coefficient (Wildman–Crippen LogP) is 12.1. The summed E-state index contributed by atoms with van der Waals surface area (Å²) in [4.78, 5) is 14.5. The van der Waals surface area contributed by atoms with E-state index in [0.29, 0.717) is 11.1 Å². The normalized spacial score (nSPS) is 18.3. The van der Waals surface area contributed by atoms with Crippen LogP contribution in [0.2, 0.25) is 0 Å². The minimum atomic E-state index is -0.488. The smallest absolute Gasteiger partial charge is 0.192 e. The summed E-state index contributed by atoms with van der Waals surface area (Å²) in [5.41, 5.74) is 18.4. The van der Waals surface area contributed by atoms with Crippen molar-refractivity contribution in [3.05, 3.63) is 238 Å². The van der Waals surface area contributed by atoms with Gasteiger partial charge in [0, 0.05) is 17.1 Å². The molecule has 0 aromatic heterocycles. The second-order valence-electron chi connectivity index (χ2n) is 15.2. The maximum Gasteiger partial charge on any atom is 0.192 e. The van der Waals surface area contributed by atoms with Crippen molar-refractivity contribution in [3.8, 4) is 33.4 Å². The van der Waals surface area contributed by atoms with E-state index in [1.165, 1.54) is 72.3 Å². The van der Waals surface area contributed by atoms with Gasteiger partial charge in [0.25, 0.3) is 0 Å². The van der Waals surface area contributed by atoms with Crippen LogP contribution in [0.5, 0.6) is 0 Å². The first-order valence-electron chi connectivity index (χ1n) is 18.7. The number of hydrogen-bond donors (Lipinski definition) is 0. The Balaban J connectivity index is 0.997. The maximum absolute atomic E-state index is 14.5. The van der Waals surface area contributed by atoms with E-state index in [-0.39, 0.29) is 23.0 Å². The average Bonchev–Trinajstić information content (AvgIpc) is 3.88. The Labute approximate surface area is 310 Å². The van der Waals surface area contributed by atoms with Gasteiger partial charge < -0.3 is 0 Å². The van der Waals surface area contributed by atoms with Crippen LogP contribution in [-0.4, -0.2) is 5.78 Å². The Morgan fingerprint density at radius 3 is 1.45 bits per heavy atom. The summed E-state index contributed by atoms with van der Waals surface area (Å²) in [5, 5.41) is 0. The van der Waals surface area contributed by atoms with Crippen molar-refractivity contribution < 1.29 is 4.79 Å². The van der Waals surface area contributed by atoms with Crippen molar-refractivity contribution in [3.63, 3.8) is 0 Å². The molecule has 0 radical (unpaired) electrons. The first kappa shape index (κ1) is 30.3. The minimum absolute atomic E-state index is 0.0417. The Bertz CT molecular complexity index is 2650. The van der Waals surface area contributed by atoms with Crippen molar-refractivity contribution in [1.82, 2.24) is 0 Å². The predicted molar refractivity (Wildman–Crippen MR) is 215 cm³/mol. The van der Waals surface area contributed by atoms with Crippen LogP contribution in [0.15, 0.2) is 188 Å². The number of Topliss-reactive ketones (excluding diaryl/α,β-unsaturated/α-hetero) is 1. The molecule has 0 aliphatic heterocycles. The molecular formula is C52H36O. The van der Waals surface area contributed by atoms with Crippen LogP contribution in [-0.2, 0) is 10.8 Å². The topological polar surface area (TPSA) is 17.1 Å². The first-order valence-corrected chi connectivity index (χ1v) is 18.7. The molecule has 0 heterocycles. The molecule has 0 saturated carbocycles. The standard InChI is InChI=1S/C52H36O/c1-32(27-29-35-33(2)51(43-21-9-3-15-36(35)43)44-22-10-4-16-37(44)38-17-5-11-23-45(38)51)50(53)34-28-30-42-41-20-8-14-26-48(41)52(49(42)31-34)46-24-12-6-18-39(46)40-19-7-13-25-47(40)52/h3-31,33,35H,1H2,2H3/b29-27-. The Morgan fingerprint density at radius 2 is 0.925 bits per heavy atom. The van der Waals surface area contributed by atoms with Crippen molar-refractivity contribution in [2.45, 2.75) is 23.7 Å². The van der Waals surface area contributed by atoms with E-state index in [4.69, 9.17) is 0 Å². The minimum Gasteiger partial charge on any atom is -0.289 e. The fourth-order valence-electron chi connectivity index (χ4n) is 11.0. The second kappa shape index (κ2) is 10.9. The number of hydrogen-bond acceptors (Lipinski definition) is 1. The van der Waals surface area contributed by atoms with E-state index < -0.39 is 5.41 Å². The Morgan fingerprint density at radius 1 is 0.509 bits per heavy atom. The maximum atomic E-state index is 14.5. The molecule has 0 amide bonds. The number of ketones is 1. The van der Waals surface area contributed by atoms with Crippen LogP contribution in [0.3, 0.4) is 0 Å². The van der Waals surface area contributed by atoms with Crippen molar-refractivity contribution >= 4 is 5.78 Å². The molecule has 0 N–H and O–H groups in total. The molecule has 2 spiro atoms. The molecule has 4 aliphatic rings. The first-order chi connectivity index (χ1) is 26.1. The summed E-state index contributed by atoms with van der Waals surface area (Å²) in [6.45, 7) is 6.77. The van der Waals surface area contributed by atoms with Gasteiger partial charge in [-0.3, -0.25) is 4.79 Å². The van der Waals surface area contributed by atoms with E-state index in [9.17, 15) is 4.79 Å². The fraction of sp³-hybridized carbons (Fsp3) is 0.0962. The zero-order valence-corrected chi connectivity index (χ0v) is 29.5. The molecule has 2 unspecified atom stereocenters. The molecule has 250 valence electrons. The zero-order chi connectivity index (χ0) is 35.5. The Hall–Kier alpha value is -6.31. The van der Waals surface area contributed by atoms with Gasteiger partial charge in [-0.2, -0.15) is 0 Å². The lowest BCUT2D eigenvalue weighted by Gasteiger charge is -2.34.